The molecule has 1 fully saturated rings. The molecular weight excluding hydrogens is 523 g/mol. The molecule has 0 amide bonds. The number of rotatable bonds is 9. The lowest BCUT2D eigenvalue weighted by Gasteiger charge is -2.23. The van der Waals surface area contributed by atoms with Gasteiger partial charge in [-0.25, -0.2) is 9.97 Å². The topological polar surface area (TPSA) is 32.3 Å². The summed E-state index contributed by atoms with van der Waals surface area (Å²) in [5.41, 5.74) is 10.2. The largest absolute Gasteiger partial charge is 0.352 e. The Kier molecular flexibility index (Phi) is 8.25. The number of benzene rings is 3. The van der Waals surface area contributed by atoms with Gasteiger partial charge in [-0.3, -0.25) is 0 Å². The number of allylic oxidation sites excluding steroid dienone is 1. The van der Waals surface area contributed by atoms with Gasteiger partial charge < -0.3 is 9.80 Å². The smallest absolute Gasteiger partial charge is 0.0925 e. The molecule has 0 N–H and O–H groups in total. The molecule has 0 bridgehead atoms. The zero-order valence-electron chi connectivity index (χ0n) is 22.7. The lowest BCUT2D eigenvalue weighted by Crippen LogP contribution is -2.24. The van der Waals surface area contributed by atoms with Gasteiger partial charge in [-0.15, -0.1) is 6.58 Å². The fourth-order valence-corrected chi connectivity index (χ4v) is 5.28. The van der Waals surface area contributed by atoms with Gasteiger partial charge in [0.25, 0.3) is 0 Å². The zero-order valence-corrected chi connectivity index (χ0v) is 24.2. The molecule has 0 atom stereocenters. The van der Waals surface area contributed by atoms with Crippen LogP contribution in [0.2, 0.25) is 10.0 Å². The average Bonchev–Trinajstić information content (AvgIpc) is 3.42. The summed E-state index contributed by atoms with van der Waals surface area (Å²) in [7, 11) is 0. The molecule has 0 aliphatic carbocycles. The molecule has 2 heterocycles. The van der Waals surface area contributed by atoms with E-state index < -0.39 is 0 Å². The Morgan fingerprint density at radius 3 is 2.44 bits per heavy atom. The summed E-state index contributed by atoms with van der Waals surface area (Å²) >= 11 is 12.5. The second kappa shape index (κ2) is 11.8. The fraction of sp³-hybridized carbons (Fsp3) is 0.273. The van der Waals surface area contributed by atoms with Crippen LogP contribution in [0.5, 0.6) is 0 Å². The molecule has 4 aromatic rings. The van der Waals surface area contributed by atoms with Crippen molar-refractivity contribution in [1.29, 1.82) is 0 Å². The number of hydrogen-bond donors (Lipinski definition) is 0. The predicted molar refractivity (Wildman–Crippen MR) is 166 cm³/mol. The van der Waals surface area contributed by atoms with Crippen LogP contribution in [0.1, 0.15) is 43.0 Å². The van der Waals surface area contributed by atoms with E-state index in [-0.39, 0.29) is 0 Å². The van der Waals surface area contributed by atoms with Gasteiger partial charge in [0.15, 0.2) is 0 Å². The van der Waals surface area contributed by atoms with Crippen molar-refractivity contribution in [1.82, 2.24) is 14.9 Å². The van der Waals surface area contributed by atoms with Crippen molar-refractivity contribution in [2.24, 2.45) is 0 Å². The van der Waals surface area contributed by atoms with Crippen LogP contribution in [0, 0.1) is 6.92 Å². The number of unbranched alkanes of at least 4 members (excludes halogenated alkanes) is 1. The number of halogens is 2. The van der Waals surface area contributed by atoms with E-state index in [1.54, 1.807) is 0 Å². The van der Waals surface area contributed by atoms with Crippen LogP contribution < -0.4 is 4.90 Å². The second-order valence-electron chi connectivity index (χ2n) is 10.4. The summed E-state index contributed by atoms with van der Waals surface area (Å²) in [5.74, 6) is 0. The van der Waals surface area contributed by atoms with Crippen molar-refractivity contribution in [3.8, 4) is 11.3 Å². The molecule has 5 rings (SSSR count). The molecule has 0 spiro atoms. The van der Waals surface area contributed by atoms with E-state index in [9.17, 15) is 0 Å². The summed E-state index contributed by atoms with van der Waals surface area (Å²) < 4.78 is 0. The monoisotopic (exact) mass is 556 g/mol. The molecule has 3 aromatic carbocycles. The third kappa shape index (κ3) is 6.29. The van der Waals surface area contributed by atoms with E-state index in [1.807, 2.05) is 37.3 Å². The SMILES string of the molecule is C=C(C)CCCCc1nc2cc(C(=C)N3CCN(c4ccc(C)c(Cl)c4)C3)ccc2nc1-c1ccc(Cl)cc1. The highest BCUT2D eigenvalue weighted by atomic mass is 35.5. The first-order chi connectivity index (χ1) is 18.8. The molecule has 0 saturated carbocycles. The number of aryl methyl sites for hydroxylation is 2. The minimum Gasteiger partial charge on any atom is -0.352 e. The molecule has 0 radical (unpaired) electrons. The molecular formula is C33H34Cl2N4. The van der Waals surface area contributed by atoms with Gasteiger partial charge in [-0.1, -0.05) is 59.6 Å². The molecule has 1 aliphatic rings. The number of hydrogen-bond acceptors (Lipinski definition) is 4. The van der Waals surface area contributed by atoms with Crippen LogP contribution in [0.15, 0.2) is 79.4 Å². The maximum atomic E-state index is 6.39. The van der Waals surface area contributed by atoms with Crippen molar-refractivity contribution in [2.75, 3.05) is 24.7 Å². The maximum absolute atomic E-state index is 6.39. The van der Waals surface area contributed by atoms with Crippen molar-refractivity contribution in [3.05, 3.63) is 106 Å². The molecule has 6 heteroatoms. The Balaban J connectivity index is 1.40. The van der Waals surface area contributed by atoms with Crippen LogP contribution in [0.3, 0.4) is 0 Å². The van der Waals surface area contributed by atoms with E-state index in [0.717, 1.165) is 101 Å². The van der Waals surface area contributed by atoms with E-state index in [2.05, 4.69) is 60.2 Å². The van der Waals surface area contributed by atoms with E-state index >= 15 is 0 Å². The van der Waals surface area contributed by atoms with Crippen LogP contribution in [-0.4, -0.2) is 34.6 Å². The Labute approximate surface area is 241 Å². The Morgan fingerprint density at radius 2 is 1.69 bits per heavy atom. The Hall–Kier alpha value is -3.34. The summed E-state index contributed by atoms with van der Waals surface area (Å²) in [4.78, 5) is 14.8. The lowest BCUT2D eigenvalue weighted by atomic mass is 10.0. The number of aromatic nitrogens is 2. The number of nitrogens with zero attached hydrogens (tertiary/aromatic N) is 4. The molecule has 39 heavy (non-hydrogen) atoms. The molecule has 0 unspecified atom stereocenters. The molecule has 1 aromatic heterocycles. The second-order valence-corrected chi connectivity index (χ2v) is 11.3. The van der Waals surface area contributed by atoms with Gasteiger partial charge in [-0.2, -0.15) is 0 Å². The van der Waals surface area contributed by atoms with Crippen molar-refractivity contribution in [3.63, 3.8) is 0 Å². The van der Waals surface area contributed by atoms with Gasteiger partial charge >= 0.3 is 0 Å². The van der Waals surface area contributed by atoms with E-state index in [1.165, 1.54) is 5.57 Å². The standard InChI is InChI=1S/C33H34Cl2N4/c1-22(2)7-5-6-8-31-33(25-10-13-27(34)14-11-25)37-30-16-12-26(19-32(30)36-31)24(4)38-17-18-39(21-38)28-15-9-23(3)29(35)20-28/h9-16,19-20H,1,4-8,17-18,21H2,2-3H3. The van der Waals surface area contributed by atoms with Crippen LogP contribution >= 0.6 is 23.2 Å². The minimum atomic E-state index is 0.713. The summed E-state index contributed by atoms with van der Waals surface area (Å²) in [6, 6.07) is 20.4. The average molecular weight is 558 g/mol. The first kappa shape index (κ1) is 27.2. The van der Waals surface area contributed by atoms with Crippen molar-refractivity contribution < 1.29 is 0 Å². The van der Waals surface area contributed by atoms with Gasteiger partial charge in [0.2, 0.25) is 0 Å². The Morgan fingerprint density at radius 1 is 0.897 bits per heavy atom. The third-order valence-electron chi connectivity index (χ3n) is 7.34. The van der Waals surface area contributed by atoms with E-state index in [0.29, 0.717) is 5.02 Å². The minimum absolute atomic E-state index is 0.713. The highest BCUT2D eigenvalue weighted by Crippen LogP contribution is 2.31. The van der Waals surface area contributed by atoms with Crippen LogP contribution in [0.4, 0.5) is 5.69 Å². The highest BCUT2D eigenvalue weighted by Gasteiger charge is 2.23. The van der Waals surface area contributed by atoms with Crippen molar-refractivity contribution >= 4 is 45.6 Å². The fourth-order valence-electron chi connectivity index (χ4n) is 4.98. The van der Waals surface area contributed by atoms with Crippen LogP contribution in [0.25, 0.3) is 28.0 Å². The predicted octanol–water partition coefficient (Wildman–Crippen LogP) is 8.95. The normalized spacial score (nSPS) is 13.3. The summed E-state index contributed by atoms with van der Waals surface area (Å²) in [6.45, 7) is 15.2. The van der Waals surface area contributed by atoms with Crippen molar-refractivity contribution in [2.45, 2.75) is 39.5 Å². The number of anilines is 1. The highest BCUT2D eigenvalue weighted by molar-refractivity contribution is 6.31. The summed E-state index contributed by atoms with van der Waals surface area (Å²) in [5, 5.41) is 1.51. The quantitative estimate of drug-likeness (QED) is 0.152. The molecule has 1 aliphatic heterocycles. The lowest BCUT2D eigenvalue weighted by molar-refractivity contribution is 0.497. The van der Waals surface area contributed by atoms with Gasteiger partial charge in [0.1, 0.15) is 0 Å². The molecule has 200 valence electrons. The van der Waals surface area contributed by atoms with Gasteiger partial charge in [0.05, 0.1) is 29.1 Å². The van der Waals surface area contributed by atoms with Gasteiger partial charge in [0, 0.05) is 40.1 Å². The molecule has 1 saturated heterocycles. The first-order valence-corrected chi connectivity index (χ1v) is 14.2. The van der Waals surface area contributed by atoms with Gasteiger partial charge in [-0.05, 0) is 87.1 Å². The number of fused-ring (bicyclic) bond motifs is 1. The van der Waals surface area contributed by atoms with E-state index in [4.69, 9.17) is 33.2 Å². The maximum Gasteiger partial charge on any atom is 0.0925 e. The summed E-state index contributed by atoms with van der Waals surface area (Å²) in [6.07, 6.45) is 4.01. The molecule has 4 nitrogen and oxygen atoms in total. The van der Waals surface area contributed by atoms with Crippen LogP contribution in [-0.2, 0) is 6.42 Å². The first-order valence-electron chi connectivity index (χ1n) is 13.4. The Bertz CT molecular complexity index is 1530. The third-order valence-corrected chi connectivity index (χ3v) is 8.00. The zero-order chi connectivity index (χ0) is 27.5.